The van der Waals surface area contributed by atoms with Gasteiger partial charge in [-0.3, -0.25) is 19.3 Å². The highest BCUT2D eigenvalue weighted by molar-refractivity contribution is 6.23. The lowest BCUT2D eigenvalue weighted by Crippen LogP contribution is -2.33. The molecule has 2 aromatic rings. The molecule has 4 atom stereocenters. The largest absolute Gasteiger partial charge is 0.497 e. The van der Waals surface area contributed by atoms with Crippen molar-refractivity contribution in [1.29, 1.82) is 0 Å². The van der Waals surface area contributed by atoms with Crippen LogP contribution in [0.3, 0.4) is 0 Å². The molecule has 0 unspecified atom stereocenters. The third-order valence-corrected chi connectivity index (χ3v) is 6.95. The topological polar surface area (TPSA) is 84.9 Å². The van der Waals surface area contributed by atoms with Crippen LogP contribution in [-0.4, -0.2) is 31.9 Å². The van der Waals surface area contributed by atoms with Crippen LogP contribution in [-0.2, 0) is 9.59 Å². The van der Waals surface area contributed by atoms with Gasteiger partial charge >= 0.3 is 0 Å². The number of imide groups is 1. The molecule has 3 fully saturated rings. The van der Waals surface area contributed by atoms with Gasteiger partial charge in [0.15, 0.2) is 0 Å². The number of rotatable bonds is 5. The summed E-state index contributed by atoms with van der Waals surface area (Å²) in [5.74, 6) is 0.746. The van der Waals surface area contributed by atoms with Crippen molar-refractivity contribution < 1.29 is 23.9 Å². The molecule has 2 aliphatic carbocycles. The number of methoxy groups -OCH3 is 2. The summed E-state index contributed by atoms with van der Waals surface area (Å²) >= 11 is 0. The number of hydrogen-bond donors (Lipinski definition) is 1. The number of fused-ring (bicyclic) bond motifs is 5. The molecular formula is C24H24N2O5. The van der Waals surface area contributed by atoms with E-state index in [0.29, 0.717) is 40.3 Å². The Balaban J connectivity index is 1.41. The average molecular weight is 420 g/mol. The quantitative estimate of drug-likeness (QED) is 0.749. The number of benzene rings is 2. The van der Waals surface area contributed by atoms with Gasteiger partial charge in [0, 0.05) is 11.6 Å². The van der Waals surface area contributed by atoms with E-state index in [2.05, 4.69) is 5.32 Å². The Labute approximate surface area is 180 Å². The maximum atomic E-state index is 13.1. The van der Waals surface area contributed by atoms with Gasteiger partial charge in [-0.05, 0) is 61.4 Å². The second-order valence-electron chi connectivity index (χ2n) is 8.47. The number of carbonyl (C=O) groups is 3. The highest BCUT2D eigenvalue weighted by Crippen LogP contribution is 2.56. The first kappa shape index (κ1) is 19.6. The van der Waals surface area contributed by atoms with Crippen molar-refractivity contribution in [3.8, 4) is 11.5 Å². The summed E-state index contributed by atoms with van der Waals surface area (Å²) in [6, 6.07) is 11.8. The number of amides is 3. The van der Waals surface area contributed by atoms with E-state index in [0.717, 1.165) is 19.3 Å². The van der Waals surface area contributed by atoms with E-state index in [4.69, 9.17) is 9.47 Å². The molecule has 7 nitrogen and oxygen atoms in total. The van der Waals surface area contributed by atoms with Gasteiger partial charge in [-0.15, -0.1) is 0 Å². The van der Waals surface area contributed by atoms with Gasteiger partial charge in [0.1, 0.15) is 11.5 Å². The third kappa shape index (κ3) is 3.07. The minimum absolute atomic E-state index is 0.116. The molecule has 1 heterocycles. The van der Waals surface area contributed by atoms with Crippen LogP contribution in [0.25, 0.3) is 0 Å². The molecular weight excluding hydrogens is 396 g/mol. The van der Waals surface area contributed by atoms with Crippen LogP contribution < -0.4 is 19.7 Å². The van der Waals surface area contributed by atoms with Crippen molar-refractivity contribution in [1.82, 2.24) is 0 Å². The fraction of sp³-hybridized carbons (Fsp3) is 0.375. The zero-order chi connectivity index (χ0) is 21.7. The van der Waals surface area contributed by atoms with E-state index < -0.39 is 0 Å². The van der Waals surface area contributed by atoms with Gasteiger partial charge in [-0.25, -0.2) is 0 Å². The fourth-order valence-electron chi connectivity index (χ4n) is 5.56. The summed E-state index contributed by atoms with van der Waals surface area (Å²) in [7, 11) is 3.06. The molecule has 1 N–H and O–H groups in total. The van der Waals surface area contributed by atoms with Crippen LogP contribution in [0.5, 0.6) is 11.5 Å². The SMILES string of the molecule is COc1ccc(OC)c(NC(=O)c2cccc(N3C(=O)[C@@H]4[C@@H]5CC[C@@H](C5)[C@@H]4C3=O)c2)c1. The first-order chi connectivity index (χ1) is 15.0. The van der Waals surface area contributed by atoms with E-state index in [1.54, 1.807) is 49.6 Å². The summed E-state index contributed by atoms with van der Waals surface area (Å²) < 4.78 is 10.5. The Hall–Kier alpha value is -3.35. The molecule has 5 rings (SSSR count). The lowest BCUT2D eigenvalue weighted by Gasteiger charge is -2.19. The summed E-state index contributed by atoms with van der Waals surface area (Å²) in [5.41, 5.74) is 1.27. The Kier molecular flexibility index (Phi) is 4.68. The molecule has 2 bridgehead atoms. The summed E-state index contributed by atoms with van der Waals surface area (Å²) in [5, 5.41) is 2.82. The van der Waals surface area contributed by atoms with Crippen molar-refractivity contribution >= 4 is 29.1 Å². The normalized spacial score (nSPS) is 26.2. The van der Waals surface area contributed by atoms with Crippen molar-refractivity contribution in [2.75, 3.05) is 24.4 Å². The first-order valence-electron chi connectivity index (χ1n) is 10.5. The fourth-order valence-corrected chi connectivity index (χ4v) is 5.56. The number of nitrogens with one attached hydrogen (secondary N) is 1. The molecule has 0 aromatic heterocycles. The summed E-state index contributed by atoms with van der Waals surface area (Å²) in [6.45, 7) is 0. The smallest absolute Gasteiger partial charge is 0.255 e. The second-order valence-corrected chi connectivity index (χ2v) is 8.47. The monoisotopic (exact) mass is 420 g/mol. The second kappa shape index (κ2) is 7.41. The van der Waals surface area contributed by atoms with Crippen molar-refractivity contribution in [2.24, 2.45) is 23.7 Å². The molecule has 160 valence electrons. The minimum Gasteiger partial charge on any atom is -0.497 e. The number of anilines is 2. The highest BCUT2D eigenvalue weighted by Gasteiger charge is 2.61. The van der Waals surface area contributed by atoms with Crippen LogP contribution in [0.4, 0.5) is 11.4 Å². The Morgan fingerprint density at radius 2 is 1.68 bits per heavy atom. The summed E-state index contributed by atoms with van der Waals surface area (Å²) in [4.78, 5) is 40.4. The third-order valence-electron chi connectivity index (χ3n) is 6.95. The Morgan fingerprint density at radius 3 is 2.32 bits per heavy atom. The Morgan fingerprint density at radius 1 is 0.968 bits per heavy atom. The van der Waals surface area contributed by atoms with Crippen molar-refractivity contribution in [3.63, 3.8) is 0 Å². The zero-order valence-electron chi connectivity index (χ0n) is 17.5. The van der Waals surface area contributed by atoms with Gasteiger partial charge in [0.25, 0.3) is 5.91 Å². The van der Waals surface area contributed by atoms with E-state index in [1.165, 1.54) is 12.0 Å². The van der Waals surface area contributed by atoms with E-state index >= 15 is 0 Å². The number of carbonyl (C=O) groups excluding carboxylic acids is 3. The van der Waals surface area contributed by atoms with Gasteiger partial charge in [-0.1, -0.05) is 6.07 Å². The molecule has 0 radical (unpaired) electrons. The minimum atomic E-state index is -0.368. The lowest BCUT2D eigenvalue weighted by atomic mass is 9.81. The molecule has 0 spiro atoms. The van der Waals surface area contributed by atoms with Gasteiger partial charge < -0.3 is 14.8 Å². The summed E-state index contributed by atoms with van der Waals surface area (Å²) in [6.07, 6.45) is 3.05. The molecule has 3 amide bonds. The van der Waals surface area contributed by atoms with Crippen LogP contribution in [0.2, 0.25) is 0 Å². The standard InChI is InChI=1S/C24H24N2O5/c1-30-17-8-9-19(31-2)18(12-17)25-22(27)15-4-3-5-16(11-15)26-23(28)20-13-6-7-14(10-13)21(20)24(26)29/h3-5,8-9,11-14,20-21H,6-7,10H2,1-2H3,(H,25,27)/t13-,14+,20-,21+. The van der Waals surface area contributed by atoms with Crippen LogP contribution in [0.1, 0.15) is 29.6 Å². The molecule has 31 heavy (non-hydrogen) atoms. The first-order valence-corrected chi connectivity index (χ1v) is 10.5. The highest BCUT2D eigenvalue weighted by atomic mass is 16.5. The van der Waals surface area contributed by atoms with E-state index in [1.807, 2.05) is 0 Å². The number of hydrogen-bond acceptors (Lipinski definition) is 5. The Bertz CT molecular complexity index is 1050. The van der Waals surface area contributed by atoms with E-state index in [-0.39, 0.29) is 29.6 Å². The molecule has 1 saturated heterocycles. The van der Waals surface area contributed by atoms with Gasteiger partial charge in [-0.2, -0.15) is 0 Å². The van der Waals surface area contributed by atoms with Gasteiger partial charge in [0.2, 0.25) is 11.8 Å². The van der Waals surface area contributed by atoms with Crippen LogP contribution in [0.15, 0.2) is 42.5 Å². The molecule has 2 aromatic carbocycles. The van der Waals surface area contributed by atoms with Gasteiger partial charge in [0.05, 0.1) is 37.4 Å². The van der Waals surface area contributed by atoms with Crippen LogP contribution in [0, 0.1) is 23.7 Å². The zero-order valence-corrected chi connectivity index (χ0v) is 17.5. The van der Waals surface area contributed by atoms with E-state index in [9.17, 15) is 14.4 Å². The maximum absolute atomic E-state index is 13.1. The van der Waals surface area contributed by atoms with Crippen molar-refractivity contribution in [3.05, 3.63) is 48.0 Å². The lowest BCUT2D eigenvalue weighted by molar-refractivity contribution is -0.123. The number of nitrogens with zero attached hydrogens (tertiary/aromatic N) is 1. The predicted octanol–water partition coefficient (Wildman–Crippen LogP) is 3.49. The average Bonchev–Trinajstić information content (AvgIpc) is 3.47. The predicted molar refractivity (Wildman–Crippen MR) is 114 cm³/mol. The molecule has 2 saturated carbocycles. The molecule has 7 heteroatoms. The van der Waals surface area contributed by atoms with Crippen LogP contribution >= 0.6 is 0 Å². The molecule has 3 aliphatic rings. The number of ether oxygens (including phenoxy) is 2. The molecule has 1 aliphatic heterocycles. The van der Waals surface area contributed by atoms with Crippen molar-refractivity contribution in [2.45, 2.75) is 19.3 Å². The maximum Gasteiger partial charge on any atom is 0.255 e.